The number of hydrogen-bond donors (Lipinski definition) is 1. The fourth-order valence-corrected chi connectivity index (χ4v) is 2.23. The molecule has 1 aromatic carbocycles. The molecule has 17 heavy (non-hydrogen) atoms. The van der Waals surface area contributed by atoms with E-state index in [1.807, 2.05) is 19.9 Å². The highest BCUT2D eigenvalue weighted by molar-refractivity contribution is 8.00. The zero-order valence-electron chi connectivity index (χ0n) is 10.2. The van der Waals surface area contributed by atoms with Crippen LogP contribution < -0.4 is 5.73 Å². The van der Waals surface area contributed by atoms with E-state index in [4.69, 9.17) is 17.3 Å². The second-order valence-electron chi connectivity index (χ2n) is 4.07. The Balaban J connectivity index is 2.59. The topological polar surface area (TPSA) is 46.3 Å². The quantitative estimate of drug-likeness (QED) is 0.677. The van der Waals surface area contributed by atoms with Crippen LogP contribution in [0.4, 0.5) is 5.69 Å². The van der Waals surface area contributed by atoms with Gasteiger partial charge in [0.15, 0.2) is 0 Å². The molecule has 0 atom stereocenters. The van der Waals surface area contributed by atoms with Crippen LogP contribution in [0.3, 0.4) is 0 Å². The van der Waals surface area contributed by atoms with Crippen LogP contribution in [0.2, 0.25) is 5.02 Å². The van der Waals surface area contributed by atoms with E-state index in [1.165, 1.54) is 11.8 Å². The summed E-state index contributed by atoms with van der Waals surface area (Å²) >= 11 is 7.24. The van der Waals surface area contributed by atoms with Crippen molar-refractivity contribution in [3.05, 3.63) is 23.2 Å². The van der Waals surface area contributed by atoms with E-state index in [0.29, 0.717) is 16.5 Å². The van der Waals surface area contributed by atoms with Gasteiger partial charge in [0.2, 0.25) is 5.91 Å². The van der Waals surface area contributed by atoms with Crippen LogP contribution >= 0.6 is 23.4 Å². The van der Waals surface area contributed by atoms with Crippen LogP contribution in [0.1, 0.15) is 13.8 Å². The summed E-state index contributed by atoms with van der Waals surface area (Å²) in [7, 11) is 1.80. The first-order chi connectivity index (χ1) is 7.91. The van der Waals surface area contributed by atoms with Gasteiger partial charge in [-0.2, -0.15) is 0 Å². The van der Waals surface area contributed by atoms with Crippen molar-refractivity contribution in [2.75, 3.05) is 18.5 Å². The average molecular weight is 273 g/mol. The lowest BCUT2D eigenvalue weighted by Gasteiger charge is -2.21. The highest BCUT2D eigenvalue weighted by Gasteiger charge is 2.12. The lowest BCUT2D eigenvalue weighted by Crippen LogP contribution is -2.34. The van der Waals surface area contributed by atoms with Crippen molar-refractivity contribution in [3.63, 3.8) is 0 Å². The van der Waals surface area contributed by atoms with Crippen LogP contribution in [-0.4, -0.2) is 29.6 Å². The Bertz CT molecular complexity index is 409. The van der Waals surface area contributed by atoms with E-state index in [0.717, 1.165) is 4.90 Å². The zero-order valence-corrected chi connectivity index (χ0v) is 11.8. The van der Waals surface area contributed by atoms with Crippen molar-refractivity contribution in [3.8, 4) is 0 Å². The molecular weight excluding hydrogens is 256 g/mol. The van der Waals surface area contributed by atoms with Crippen LogP contribution in [0, 0.1) is 0 Å². The molecule has 0 spiro atoms. The third-order valence-corrected chi connectivity index (χ3v) is 3.80. The van der Waals surface area contributed by atoms with Gasteiger partial charge in [0.1, 0.15) is 0 Å². The maximum Gasteiger partial charge on any atom is 0.232 e. The molecule has 1 rings (SSSR count). The summed E-state index contributed by atoms with van der Waals surface area (Å²) < 4.78 is 0. The first-order valence-corrected chi connectivity index (χ1v) is 6.71. The van der Waals surface area contributed by atoms with Crippen LogP contribution in [0.25, 0.3) is 0 Å². The Labute approximate surface area is 111 Å². The van der Waals surface area contributed by atoms with Gasteiger partial charge < -0.3 is 10.6 Å². The van der Waals surface area contributed by atoms with Crippen molar-refractivity contribution < 1.29 is 4.79 Å². The number of rotatable bonds is 4. The molecule has 0 fully saturated rings. The minimum atomic E-state index is 0.0966. The van der Waals surface area contributed by atoms with Gasteiger partial charge in [-0.05, 0) is 32.0 Å². The Kier molecular flexibility index (Phi) is 5.15. The van der Waals surface area contributed by atoms with Gasteiger partial charge in [-0.1, -0.05) is 11.6 Å². The Hall–Kier alpha value is -0.870. The second kappa shape index (κ2) is 6.17. The number of thioether (sulfide) groups is 1. The smallest absolute Gasteiger partial charge is 0.232 e. The third kappa shape index (κ3) is 4.13. The number of anilines is 1. The summed E-state index contributed by atoms with van der Waals surface area (Å²) in [6, 6.07) is 5.52. The highest BCUT2D eigenvalue weighted by Crippen LogP contribution is 2.27. The summed E-state index contributed by atoms with van der Waals surface area (Å²) in [6.07, 6.45) is 0. The summed E-state index contributed by atoms with van der Waals surface area (Å²) in [5, 5.41) is 0.609. The van der Waals surface area contributed by atoms with Crippen molar-refractivity contribution in [1.82, 2.24) is 4.90 Å². The molecule has 0 saturated heterocycles. The number of carbonyl (C=O) groups is 1. The maximum atomic E-state index is 11.8. The number of amides is 1. The standard InChI is InChI=1S/C12H17ClN2OS/c1-8(2)15(3)12(16)7-17-11-5-4-9(13)6-10(11)14/h4-6,8H,7,14H2,1-3H3. The van der Waals surface area contributed by atoms with Crippen LogP contribution in [0.15, 0.2) is 23.1 Å². The van der Waals surface area contributed by atoms with Gasteiger partial charge in [-0.3, -0.25) is 4.79 Å². The Morgan fingerprint density at radius 1 is 1.53 bits per heavy atom. The van der Waals surface area contributed by atoms with E-state index in [-0.39, 0.29) is 11.9 Å². The normalized spacial score (nSPS) is 10.6. The summed E-state index contributed by atoms with van der Waals surface area (Å²) in [5.74, 6) is 0.486. The number of carbonyl (C=O) groups excluding carboxylic acids is 1. The molecule has 0 aliphatic heterocycles. The third-order valence-electron chi connectivity index (χ3n) is 2.49. The molecule has 1 aromatic rings. The van der Waals surface area contributed by atoms with Gasteiger partial charge in [0.25, 0.3) is 0 Å². The monoisotopic (exact) mass is 272 g/mol. The van der Waals surface area contributed by atoms with Gasteiger partial charge >= 0.3 is 0 Å². The summed E-state index contributed by atoms with van der Waals surface area (Å²) in [6.45, 7) is 3.97. The molecular formula is C12H17ClN2OS. The molecule has 3 nitrogen and oxygen atoms in total. The maximum absolute atomic E-state index is 11.8. The van der Waals surface area contributed by atoms with E-state index >= 15 is 0 Å². The predicted molar refractivity (Wildman–Crippen MR) is 74.5 cm³/mol. The summed E-state index contributed by atoms with van der Waals surface area (Å²) in [4.78, 5) is 14.4. The molecule has 2 N–H and O–H groups in total. The number of benzene rings is 1. The van der Waals surface area contributed by atoms with Crippen LogP contribution in [-0.2, 0) is 4.79 Å². The van der Waals surface area contributed by atoms with Gasteiger partial charge in [0.05, 0.1) is 5.75 Å². The summed E-state index contributed by atoms with van der Waals surface area (Å²) in [5.41, 5.74) is 6.43. The van der Waals surface area contributed by atoms with E-state index in [9.17, 15) is 4.79 Å². The Morgan fingerprint density at radius 3 is 2.71 bits per heavy atom. The fraction of sp³-hybridized carbons (Fsp3) is 0.417. The lowest BCUT2D eigenvalue weighted by atomic mass is 10.3. The van der Waals surface area contributed by atoms with E-state index < -0.39 is 0 Å². The van der Waals surface area contributed by atoms with E-state index in [1.54, 1.807) is 24.1 Å². The predicted octanol–water partition coefficient (Wildman–Crippen LogP) is 2.88. The molecule has 0 bridgehead atoms. The Morgan fingerprint density at radius 2 is 2.18 bits per heavy atom. The molecule has 94 valence electrons. The molecule has 0 aromatic heterocycles. The first-order valence-electron chi connectivity index (χ1n) is 5.35. The van der Waals surface area contributed by atoms with Crippen LogP contribution in [0.5, 0.6) is 0 Å². The minimum Gasteiger partial charge on any atom is -0.398 e. The van der Waals surface area contributed by atoms with Crippen molar-refractivity contribution in [2.45, 2.75) is 24.8 Å². The SMILES string of the molecule is CC(C)N(C)C(=O)CSc1ccc(Cl)cc1N. The molecule has 0 unspecified atom stereocenters. The average Bonchev–Trinajstić information content (AvgIpc) is 2.26. The van der Waals surface area contributed by atoms with Crippen molar-refractivity contribution >= 4 is 35.0 Å². The van der Waals surface area contributed by atoms with E-state index in [2.05, 4.69) is 0 Å². The van der Waals surface area contributed by atoms with Gasteiger partial charge in [0, 0.05) is 28.7 Å². The molecule has 0 radical (unpaired) electrons. The largest absolute Gasteiger partial charge is 0.398 e. The lowest BCUT2D eigenvalue weighted by molar-refractivity contribution is -0.128. The second-order valence-corrected chi connectivity index (χ2v) is 5.52. The molecule has 0 saturated carbocycles. The molecule has 0 aliphatic carbocycles. The number of nitrogens with two attached hydrogens (primary N) is 1. The molecule has 0 aliphatic rings. The van der Waals surface area contributed by atoms with Gasteiger partial charge in [-0.15, -0.1) is 11.8 Å². The number of hydrogen-bond acceptors (Lipinski definition) is 3. The number of nitrogen functional groups attached to an aromatic ring is 1. The van der Waals surface area contributed by atoms with Crippen molar-refractivity contribution in [1.29, 1.82) is 0 Å². The number of halogens is 1. The van der Waals surface area contributed by atoms with Crippen molar-refractivity contribution in [2.24, 2.45) is 0 Å². The molecule has 0 heterocycles. The minimum absolute atomic E-state index is 0.0966. The zero-order chi connectivity index (χ0) is 13.0. The fourth-order valence-electron chi connectivity index (χ4n) is 1.18. The molecule has 1 amide bonds. The molecule has 5 heteroatoms. The highest BCUT2D eigenvalue weighted by atomic mass is 35.5. The number of nitrogens with zero attached hydrogens (tertiary/aromatic N) is 1. The van der Waals surface area contributed by atoms with Gasteiger partial charge in [-0.25, -0.2) is 0 Å². The first kappa shape index (κ1) is 14.2.